The molecule has 0 radical (unpaired) electrons. The number of rotatable bonds is 4. The van der Waals surface area contributed by atoms with Gasteiger partial charge in [0.1, 0.15) is 11.9 Å². The number of nitrogens with one attached hydrogen (secondary N) is 2. The predicted molar refractivity (Wildman–Crippen MR) is 56.1 cm³/mol. The maximum Gasteiger partial charge on any atom is 0.325 e. The second-order valence-corrected chi connectivity index (χ2v) is 3.09. The van der Waals surface area contributed by atoms with Crippen LogP contribution in [0.25, 0.3) is 0 Å². The van der Waals surface area contributed by atoms with E-state index in [0.717, 1.165) is 0 Å². The second-order valence-electron chi connectivity index (χ2n) is 3.09. The van der Waals surface area contributed by atoms with Crippen LogP contribution < -0.4 is 10.6 Å². The topological polar surface area (TPSA) is 104 Å². The number of hydrogen-bond acceptors (Lipinski definition) is 5. The molecule has 1 aromatic rings. The predicted octanol–water partition coefficient (Wildman–Crippen LogP) is -0.279. The molecule has 0 aliphatic heterocycles. The van der Waals surface area contributed by atoms with Crippen molar-refractivity contribution in [2.45, 2.75) is 13.0 Å². The van der Waals surface area contributed by atoms with Gasteiger partial charge in [0, 0.05) is 7.05 Å². The second kappa shape index (κ2) is 5.06. The first-order chi connectivity index (χ1) is 7.54. The summed E-state index contributed by atoms with van der Waals surface area (Å²) in [4.78, 5) is 21.7. The fraction of sp³-hybridized carbons (Fsp3) is 0.333. The molecule has 1 heterocycles. The summed E-state index contributed by atoms with van der Waals surface area (Å²) in [5.74, 6) is -1.02. The Morgan fingerprint density at radius 2 is 2.06 bits per heavy atom. The van der Waals surface area contributed by atoms with E-state index >= 15 is 0 Å². The van der Waals surface area contributed by atoms with Gasteiger partial charge in [0.2, 0.25) is 0 Å². The first-order valence-corrected chi connectivity index (χ1v) is 4.59. The maximum absolute atomic E-state index is 11.1. The highest BCUT2D eigenvalue weighted by molar-refractivity contribution is 5.91. The van der Waals surface area contributed by atoms with Gasteiger partial charge in [-0.1, -0.05) is 0 Å². The van der Waals surface area contributed by atoms with E-state index in [9.17, 15) is 9.59 Å². The van der Waals surface area contributed by atoms with E-state index in [1.165, 1.54) is 26.1 Å². The van der Waals surface area contributed by atoms with Crippen LogP contribution in [0.1, 0.15) is 17.4 Å². The fourth-order valence-electron chi connectivity index (χ4n) is 0.942. The van der Waals surface area contributed by atoms with Gasteiger partial charge in [0.25, 0.3) is 5.91 Å². The Hall–Kier alpha value is -2.18. The van der Waals surface area contributed by atoms with Crippen molar-refractivity contribution < 1.29 is 14.7 Å². The summed E-state index contributed by atoms with van der Waals surface area (Å²) in [6.07, 6.45) is 0. The van der Waals surface area contributed by atoms with Crippen LogP contribution in [0, 0.1) is 0 Å². The monoisotopic (exact) mass is 224 g/mol. The summed E-state index contributed by atoms with van der Waals surface area (Å²) in [5, 5.41) is 21.0. The lowest BCUT2D eigenvalue weighted by Gasteiger charge is -2.08. The Bertz CT molecular complexity index is 390. The van der Waals surface area contributed by atoms with Crippen molar-refractivity contribution in [1.29, 1.82) is 0 Å². The summed E-state index contributed by atoms with van der Waals surface area (Å²) < 4.78 is 0. The van der Waals surface area contributed by atoms with Gasteiger partial charge in [-0.3, -0.25) is 9.59 Å². The van der Waals surface area contributed by atoms with Crippen LogP contribution in [-0.2, 0) is 4.79 Å². The van der Waals surface area contributed by atoms with Gasteiger partial charge in [0.05, 0.1) is 0 Å². The molecule has 7 nitrogen and oxygen atoms in total. The van der Waals surface area contributed by atoms with Crippen molar-refractivity contribution in [2.24, 2.45) is 0 Å². The molecule has 1 aromatic heterocycles. The normalized spacial score (nSPS) is 11.6. The largest absolute Gasteiger partial charge is 0.480 e. The van der Waals surface area contributed by atoms with E-state index < -0.39 is 12.0 Å². The van der Waals surface area contributed by atoms with E-state index in [1.54, 1.807) is 0 Å². The van der Waals surface area contributed by atoms with Gasteiger partial charge < -0.3 is 15.7 Å². The minimum Gasteiger partial charge on any atom is -0.480 e. The molecular formula is C9H12N4O3. The van der Waals surface area contributed by atoms with Crippen molar-refractivity contribution in [3.63, 3.8) is 0 Å². The summed E-state index contributed by atoms with van der Waals surface area (Å²) in [6, 6.07) is 2.19. The molecule has 0 saturated carbocycles. The fourth-order valence-corrected chi connectivity index (χ4v) is 0.942. The number of amides is 1. The summed E-state index contributed by atoms with van der Waals surface area (Å²) >= 11 is 0. The number of hydrogen-bond donors (Lipinski definition) is 3. The number of nitrogens with zero attached hydrogens (tertiary/aromatic N) is 2. The van der Waals surface area contributed by atoms with Crippen molar-refractivity contribution in [1.82, 2.24) is 15.5 Å². The molecular weight excluding hydrogens is 212 g/mol. The van der Waals surface area contributed by atoms with Gasteiger partial charge in [-0.15, -0.1) is 10.2 Å². The SMILES string of the molecule is CNC(=O)c1ccc(NC(C)C(=O)O)nn1. The van der Waals surface area contributed by atoms with E-state index in [-0.39, 0.29) is 11.6 Å². The Morgan fingerprint density at radius 1 is 1.38 bits per heavy atom. The van der Waals surface area contributed by atoms with E-state index in [1.807, 2.05) is 0 Å². The highest BCUT2D eigenvalue weighted by Crippen LogP contribution is 2.03. The molecule has 1 unspecified atom stereocenters. The van der Waals surface area contributed by atoms with Crippen molar-refractivity contribution in [2.75, 3.05) is 12.4 Å². The molecule has 3 N–H and O–H groups in total. The van der Waals surface area contributed by atoms with Crippen LogP contribution in [0.5, 0.6) is 0 Å². The molecule has 0 spiro atoms. The van der Waals surface area contributed by atoms with Crippen LogP contribution in [0.4, 0.5) is 5.82 Å². The highest BCUT2D eigenvalue weighted by Gasteiger charge is 2.11. The standard InChI is InChI=1S/C9H12N4O3/c1-5(9(15)16)11-7-4-3-6(12-13-7)8(14)10-2/h3-5H,1-2H3,(H,10,14)(H,11,13)(H,15,16). The minimum atomic E-state index is -0.989. The maximum atomic E-state index is 11.1. The lowest BCUT2D eigenvalue weighted by Crippen LogP contribution is -2.26. The van der Waals surface area contributed by atoms with Crippen LogP contribution in [0.2, 0.25) is 0 Å². The molecule has 0 aliphatic rings. The van der Waals surface area contributed by atoms with E-state index in [4.69, 9.17) is 5.11 Å². The Labute approximate surface area is 91.9 Å². The highest BCUT2D eigenvalue weighted by atomic mass is 16.4. The van der Waals surface area contributed by atoms with Crippen molar-refractivity contribution in [3.8, 4) is 0 Å². The lowest BCUT2D eigenvalue weighted by molar-refractivity contribution is -0.137. The van der Waals surface area contributed by atoms with Gasteiger partial charge in [-0.25, -0.2) is 0 Å². The third-order valence-electron chi connectivity index (χ3n) is 1.86. The molecule has 1 rings (SSSR count). The smallest absolute Gasteiger partial charge is 0.325 e. The Kier molecular flexibility index (Phi) is 3.76. The Balaban J connectivity index is 2.72. The Morgan fingerprint density at radius 3 is 2.50 bits per heavy atom. The van der Waals surface area contributed by atoms with Crippen LogP contribution in [0.3, 0.4) is 0 Å². The number of carboxylic acids is 1. The number of carbonyl (C=O) groups is 2. The van der Waals surface area contributed by atoms with Gasteiger partial charge in [-0.05, 0) is 19.1 Å². The van der Waals surface area contributed by atoms with Crippen LogP contribution in [0.15, 0.2) is 12.1 Å². The number of anilines is 1. The quantitative estimate of drug-likeness (QED) is 0.649. The number of aliphatic carboxylic acids is 1. The number of aromatic nitrogens is 2. The average Bonchev–Trinajstić information content (AvgIpc) is 2.28. The van der Waals surface area contributed by atoms with E-state index in [0.29, 0.717) is 5.82 Å². The summed E-state index contributed by atoms with van der Waals surface area (Å²) in [5.41, 5.74) is 0.177. The van der Waals surface area contributed by atoms with Gasteiger partial charge in [0.15, 0.2) is 5.69 Å². The molecule has 86 valence electrons. The van der Waals surface area contributed by atoms with Crippen LogP contribution in [-0.4, -0.2) is 40.3 Å². The van der Waals surface area contributed by atoms with E-state index in [2.05, 4.69) is 20.8 Å². The molecule has 1 amide bonds. The molecule has 7 heteroatoms. The number of carboxylic acid groups (broad SMARTS) is 1. The third kappa shape index (κ3) is 2.91. The zero-order valence-electron chi connectivity index (χ0n) is 8.89. The minimum absolute atomic E-state index is 0.177. The molecule has 0 aromatic carbocycles. The van der Waals surface area contributed by atoms with Gasteiger partial charge >= 0.3 is 5.97 Å². The first kappa shape index (κ1) is 11.9. The molecule has 16 heavy (non-hydrogen) atoms. The molecule has 0 fully saturated rings. The zero-order valence-corrected chi connectivity index (χ0v) is 8.89. The number of carbonyl (C=O) groups excluding carboxylic acids is 1. The molecule has 1 atom stereocenters. The summed E-state index contributed by atoms with van der Waals surface area (Å²) in [6.45, 7) is 1.48. The van der Waals surface area contributed by atoms with Crippen molar-refractivity contribution in [3.05, 3.63) is 17.8 Å². The molecule has 0 saturated heterocycles. The van der Waals surface area contributed by atoms with Gasteiger partial charge in [-0.2, -0.15) is 0 Å². The van der Waals surface area contributed by atoms with Crippen molar-refractivity contribution >= 4 is 17.7 Å². The first-order valence-electron chi connectivity index (χ1n) is 4.59. The lowest BCUT2D eigenvalue weighted by atomic mass is 10.3. The zero-order chi connectivity index (χ0) is 12.1. The average molecular weight is 224 g/mol. The summed E-state index contributed by atoms with van der Waals surface area (Å²) in [7, 11) is 1.49. The molecule has 0 bridgehead atoms. The third-order valence-corrected chi connectivity index (χ3v) is 1.86. The molecule has 0 aliphatic carbocycles. The van der Waals surface area contributed by atoms with Crippen LogP contribution >= 0.6 is 0 Å².